The lowest BCUT2D eigenvalue weighted by molar-refractivity contribution is 0.104. The molecule has 2 atom stereocenters. The zero-order chi connectivity index (χ0) is 15.1. The molecule has 2 aromatic rings. The van der Waals surface area contributed by atoms with Gasteiger partial charge in [0.25, 0.3) is 0 Å². The number of rotatable bonds is 7. The largest absolute Gasteiger partial charge is 0.491 e. The molecule has 21 heavy (non-hydrogen) atoms. The van der Waals surface area contributed by atoms with E-state index in [1.54, 1.807) is 0 Å². The molecule has 0 fully saturated rings. The Labute approximate surface area is 134 Å². The van der Waals surface area contributed by atoms with Crippen LogP contribution in [0.25, 0.3) is 0 Å². The number of benzene rings is 2. The highest BCUT2D eigenvalue weighted by molar-refractivity contribution is 9.10. The van der Waals surface area contributed by atoms with Gasteiger partial charge >= 0.3 is 0 Å². The van der Waals surface area contributed by atoms with Crippen molar-refractivity contribution in [3.8, 4) is 5.75 Å². The Bertz CT molecular complexity index is 547. The Morgan fingerprint density at radius 1 is 1.14 bits per heavy atom. The minimum Gasteiger partial charge on any atom is -0.491 e. The molecular weight excluding hydrogens is 330 g/mol. The molecule has 2 unspecified atom stereocenters. The average molecular weight is 350 g/mol. The van der Waals surface area contributed by atoms with Gasteiger partial charge < -0.3 is 15.2 Å². The van der Waals surface area contributed by atoms with E-state index in [0.29, 0.717) is 6.54 Å². The third-order valence-corrected chi connectivity index (χ3v) is 3.69. The monoisotopic (exact) mass is 349 g/mol. The standard InChI is InChI=1S/C17H20BrNO2/c1-13(14-6-5-7-15(18)10-14)19-11-16(20)12-21-17-8-3-2-4-9-17/h2-10,13,16,19-20H,11-12H2,1H3. The summed E-state index contributed by atoms with van der Waals surface area (Å²) in [6.07, 6.45) is -0.542. The van der Waals surface area contributed by atoms with Gasteiger partial charge in [0.15, 0.2) is 0 Å². The van der Waals surface area contributed by atoms with Crippen molar-refractivity contribution in [1.82, 2.24) is 5.32 Å². The molecule has 0 aliphatic carbocycles. The van der Waals surface area contributed by atoms with E-state index in [-0.39, 0.29) is 12.6 Å². The van der Waals surface area contributed by atoms with E-state index in [4.69, 9.17) is 4.74 Å². The molecule has 2 aromatic carbocycles. The highest BCUT2D eigenvalue weighted by atomic mass is 79.9. The highest BCUT2D eigenvalue weighted by Crippen LogP contribution is 2.17. The van der Waals surface area contributed by atoms with Crippen LogP contribution in [0.5, 0.6) is 5.75 Å². The summed E-state index contributed by atoms with van der Waals surface area (Å²) in [5, 5.41) is 13.3. The molecule has 2 N–H and O–H groups in total. The van der Waals surface area contributed by atoms with E-state index in [1.807, 2.05) is 42.5 Å². The number of aliphatic hydroxyl groups is 1. The molecule has 2 rings (SSSR count). The van der Waals surface area contributed by atoms with Crippen LogP contribution in [0.2, 0.25) is 0 Å². The van der Waals surface area contributed by atoms with Gasteiger partial charge in [0.2, 0.25) is 0 Å². The van der Waals surface area contributed by atoms with Crippen molar-refractivity contribution in [2.45, 2.75) is 19.1 Å². The molecule has 0 bridgehead atoms. The van der Waals surface area contributed by atoms with Crippen molar-refractivity contribution < 1.29 is 9.84 Å². The van der Waals surface area contributed by atoms with E-state index in [1.165, 1.54) is 5.56 Å². The summed E-state index contributed by atoms with van der Waals surface area (Å²) in [5.41, 5.74) is 1.18. The predicted molar refractivity (Wildman–Crippen MR) is 88.5 cm³/mol. The van der Waals surface area contributed by atoms with Crippen molar-refractivity contribution in [2.24, 2.45) is 0 Å². The summed E-state index contributed by atoms with van der Waals surface area (Å²) in [6, 6.07) is 17.8. The van der Waals surface area contributed by atoms with E-state index >= 15 is 0 Å². The molecular formula is C17H20BrNO2. The lowest BCUT2D eigenvalue weighted by atomic mass is 10.1. The first kappa shape index (κ1) is 16.0. The zero-order valence-corrected chi connectivity index (χ0v) is 13.6. The van der Waals surface area contributed by atoms with Crippen LogP contribution >= 0.6 is 15.9 Å². The zero-order valence-electron chi connectivity index (χ0n) is 12.0. The Morgan fingerprint density at radius 3 is 2.62 bits per heavy atom. The molecule has 112 valence electrons. The predicted octanol–water partition coefficient (Wildman–Crippen LogP) is 3.54. The second kappa shape index (κ2) is 8.17. The maximum atomic E-state index is 9.96. The fourth-order valence-electron chi connectivity index (χ4n) is 1.97. The van der Waals surface area contributed by atoms with Gasteiger partial charge in [-0.15, -0.1) is 0 Å². The summed E-state index contributed by atoms with van der Waals surface area (Å²) in [7, 11) is 0. The molecule has 0 saturated carbocycles. The molecule has 0 spiro atoms. The summed E-state index contributed by atoms with van der Waals surface area (Å²) >= 11 is 3.46. The van der Waals surface area contributed by atoms with Gasteiger partial charge in [-0.05, 0) is 36.8 Å². The van der Waals surface area contributed by atoms with Crippen LogP contribution in [-0.2, 0) is 0 Å². The molecule has 0 amide bonds. The molecule has 0 aliphatic rings. The van der Waals surface area contributed by atoms with Crippen LogP contribution in [0.15, 0.2) is 59.1 Å². The van der Waals surface area contributed by atoms with Crippen molar-refractivity contribution >= 4 is 15.9 Å². The van der Waals surface area contributed by atoms with E-state index < -0.39 is 6.10 Å². The van der Waals surface area contributed by atoms with Crippen LogP contribution < -0.4 is 10.1 Å². The summed E-state index contributed by atoms with van der Waals surface area (Å²) in [5.74, 6) is 0.775. The smallest absolute Gasteiger partial charge is 0.119 e. The molecule has 0 radical (unpaired) electrons. The number of nitrogens with one attached hydrogen (secondary N) is 1. The van der Waals surface area contributed by atoms with Crippen LogP contribution in [0.4, 0.5) is 0 Å². The topological polar surface area (TPSA) is 41.5 Å². The van der Waals surface area contributed by atoms with Crippen LogP contribution in [0.3, 0.4) is 0 Å². The Morgan fingerprint density at radius 2 is 1.90 bits per heavy atom. The molecule has 3 nitrogen and oxygen atoms in total. The fourth-order valence-corrected chi connectivity index (χ4v) is 2.39. The number of hydrogen-bond acceptors (Lipinski definition) is 3. The number of hydrogen-bond donors (Lipinski definition) is 2. The van der Waals surface area contributed by atoms with Gasteiger partial charge in [0.05, 0.1) is 0 Å². The number of ether oxygens (including phenoxy) is 1. The molecule has 4 heteroatoms. The van der Waals surface area contributed by atoms with Gasteiger partial charge in [0.1, 0.15) is 18.5 Å². The van der Waals surface area contributed by atoms with Crippen molar-refractivity contribution in [3.63, 3.8) is 0 Å². The quantitative estimate of drug-likeness (QED) is 0.803. The summed E-state index contributed by atoms with van der Waals surface area (Å²) < 4.78 is 6.58. The fraction of sp³-hybridized carbons (Fsp3) is 0.294. The number of para-hydroxylation sites is 1. The summed E-state index contributed by atoms with van der Waals surface area (Å²) in [6.45, 7) is 2.84. The number of halogens is 1. The lowest BCUT2D eigenvalue weighted by Gasteiger charge is -2.18. The molecule has 0 saturated heterocycles. The first-order valence-corrected chi connectivity index (χ1v) is 7.79. The third kappa shape index (κ3) is 5.50. The Kier molecular flexibility index (Phi) is 6.23. The van der Waals surface area contributed by atoms with Crippen LogP contribution in [0, 0.1) is 0 Å². The average Bonchev–Trinajstić information content (AvgIpc) is 2.51. The van der Waals surface area contributed by atoms with E-state index in [0.717, 1.165) is 10.2 Å². The molecule has 0 aliphatic heterocycles. The second-order valence-electron chi connectivity index (χ2n) is 4.96. The Balaban J connectivity index is 1.74. The van der Waals surface area contributed by atoms with E-state index in [9.17, 15) is 5.11 Å². The van der Waals surface area contributed by atoms with Crippen LogP contribution in [0.1, 0.15) is 18.5 Å². The normalized spacial score (nSPS) is 13.7. The first-order chi connectivity index (χ1) is 10.1. The minimum absolute atomic E-state index is 0.175. The van der Waals surface area contributed by atoms with E-state index in [2.05, 4.69) is 40.3 Å². The maximum Gasteiger partial charge on any atom is 0.119 e. The van der Waals surface area contributed by atoms with Gasteiger partial charge in [-0.25, -0.2) is 0 Å². The summed E-state index contributed by atoms with van der Waals surface area (Å²) in [4.78, 5) is 0. The lowest BCUT2D eigenvalue weighted by Crippen LogP contribution is -2.33. The van der Waals surface area contributed by atoms with Gasteiger partial charge in [-0.3, -0.25) is 0 Å². The minimum atomic E-state index is -0.542. The third-order valence-electron chi connectivity index (χ3n) is 3.19. The first-order valence-electron chi connectivity index (χ1n) is 7.00. The van der Waals surface area contributed by atoms with Crippen LogP contribution in [-0.4, -0.2) is 24.4 Å². The molecule has 0 aromatic heterocycles. The van der Waals surface area contributed by atoms with Gasteiger partial charge in [-0.1, -0.05) is 46.3 Å². The van der Waals surface area contributed by atoms with Crippen molar-refractivity contribution in [3.05, 3.63) is 64.6 Å². The SMILES string of the molecule is CC(NCC(O)COc1ccccc1)c1cccc(Br)c1. The Hall–Kier alpha value is -1.36. The molecule has 0 heterocycles. The highest BCUT2D eigenvalue weighted by Gasteiger charge is 2.09. The van der Waals surface area contributed by atoms with Gasteiger partial charge in [-0.2, -0.15) is 0 Å². The van der Waals surface area contributed by atoms with Crippen molar-refractivity contribution in [2.75, 3.05) is 13.2 Å². The van der Waals surface area contributed by atoms with Crippen molar-refractivity contribution in [1.29, 1.82) is 0 Å². The number of aliphatic hydroxyl groups excluding tert-OH is 1. The second-order valence-corrected chi connectivity index (χ2v) is 5.88. The maximum absolute atomic E-state index is 9.96. The van der Waals surface area contributed by atoms with Gasteiger partial charge in [0, 0.05) is 17.1 Å².